The fourth-order valence-corrected chi connectivity index (χ4v) is 3.53. The lowest BCUT2D eigenvalue weighted by atomic mass is 10.1. The van der Waals surface area contributed by atoms with Crippen LogP contribution in [0, 0.1) is 0 Å². The zero-order chi connectivity index (χ0) is 19.8. The monoisotopic (exact) mass is 413 g/mol. The average Bonchev–Trinajstić information content (AvgIpc) is 2.72. The number of rotatable bonds is 9. The number of hydrogen-bond donors (Lipinski definition) is 1. The molecule has 146 valence electrons. The summed E-state index contributed by atoms with van der Waals surface area (Å²) < 4.78 is 6.04. The lowest BCUT2D eigenvalue weighted by molar-refractivity contribution is 0.301. The minimum absolute atomic E-state index is 0.346. The quantitative estimate of drug-likeness (QED) is 0.422. The highest BCUT2D eigenvalue weighted by molar-refractivity contribution is 6.35. The molecule has 0 aliphatic carbocycles. The molecule has 0 amide bonds. The number of benzene rings is 3. The second kappa shape index (κ2) is 10.5. The first-order chi connectivity index (χ1) is 13.6. The number of halogens is 2. The third-order valence-electron chi connectivity index (χ3n) is 4.76. The molecule has 0 bridgehead atoms. The van der Waals surface area contributed by atoms with Crippen LogP contribution in [-0.2, 0) is 19.6 Å². The van der Waals surface area contributed by atoms with Gasteiger partial charge in [-0.25, -0.2) is 0 Å². The number of hydrogen-bond acceptors (Lipinski definition) is 2. The van der Waals surface area contributed by atoms with E-state index < -0.39 is 0 Å². The maximum Gasteiger partial charge on any atom is 0.124 e. The van der Waals surface area contributed by atoms with Gasteiger partial charge in [-0.3, -0.25) is 0 Å². The Morgan fingerprint density at radius 2 is 1.54 bits per heavy atom. The van der Waals surface area contributed by atoms with Crippen LogP contribution in [0.2, 0.25) is 10.0 Å². The predicted octanol–water partition coefficient (Wildman–Crippen LogP) is 6.68. The van der Waals surface area contributed by atoms with Gasteiger partial charge in [0.05, 0.1) is 0 Å². The standard InChI is InChI=1S/C24H25Cl2NO/c1-18(14-15-19-8-3-2-4-9-19)27-16-20-10-5-6-13-24(20)28-17-21-22(25)11-7-12-23(21)26/h2-13,18,27H,14-17H2,1H3/t18-/m1/s1. The van der Waals surface area contributed by atoms with Crippen molar-refractivity contribution in [3.05, 3.63) is 99.5 Å². The second-order valence-corrected chi connectivity index (χ2v) is 7.72. The summed E-state index contributed by atoms with van der Waals surface area (Å²) in [7, 11) is 0. The molecule has 4 heteroatoms. The van der Waals surface area contributed by atoms with E-state index in [1.54, 1.807) is 0 Å². The van der Waals surface area contributed by atoms with Crippen LogP contribution in [0.1, 0.15) is 30.0 Å². The molecular formula is C24H25Cl2NO. The van der Waals surface area contributed by atoms with Gasteiger partial charge in [-0.1, -0.05) is 77.8 Å². The summed E-state index contributed by atoms with van der Waals surface area (Å²) in [5.41, 5.74) is 3.30. The van der Waals surface area contributed by atoms with Crippen molar-refractivity contribution in [2.24, 2.45) is 0 Å². The Hall–Kier alpha value is -2.00. The van der Waals surface area contributed by atoms with E-state index in [2.05, 4.69) is 48.6 Å². The largest absolute Gasteiger partial charge is 0.488 e. The van der Waals surface area contributed by atoms with Crippen molar-refractivity contribution in [2.75, 3.05) is 0 Å². The Morgan fingerprint density at radius 1 is 0.857 bits per heavy atom. The molecule has 0 fully saturated rings. The predicted molar refractivity (Wildman–Crippen MR) is 118 cm³/mol. The second-order valence-electron chi connectivity index (χ2n) is 6.90. The van der Waals surface area contributed by atoms with Gasteiger partial charge in [0.15, 0.2) is 0 Å². The van der Waals surface area contributed by atoms with Crippen LogP contribution < -0.4 is 10.1 Å². The molecule has 0 aromatic heterocycles. The Balaban J connectivity index is 1.55. The normalized spacial score (nSPS) is 12.0. The van der Waals surface area contributed by atoms with Crippen LogP contribution in [0.5, 0.6) is 5.75 Å². The zero-order valence-corrected chi connectivity index (χ0v) is 17.5. The first kappa shape index (κ1) is 20.7. The van der Waals surface area contributed by atoms with E-state index in [4.69, 9.17) is 27.9 Å². The summed E-state index contributed by atoms with van der Waals surface area (Å²) >= 11 is 12.5. The minimum Gasteiger partial charge on any atom is -0.488 e. The Bertz CT molecular complexity index is 863. The fourth-order valence-electron chi connectivity index (χ4n) is 3.02. The van der Waals surface area contributed by atoms with Crippen LogP contribution in [0.4, 0.5) is 0 Å². The van der Waals surface area contributed by atoms with Crippen molar-refractivity contribution in [3.63, 3.8) is 0 Å². The van der Waals surface area contributed by atoms with Gasteiger partial charge in [0.2, 0.25) is 0 Å². The average molecular weight is 414 g/mol. The van der Waals surface area contributed by atoms with Gasteiger partial charge in [-0.05, 0) is 43.5 Å². The van der Waals surface area contributed by atoms with Crippen molar-refractivity contribution in [3.8, 4) is 5.75 Å². The minimum atomic E-state index is 0.346. The molecule has 0 saturated heterocycles. The molecule has 3 aromatic rings. The van der Waals surface area contributed by atoms with Gasteiger partial charge in [0.1, 0.15) is 12.4 Å². The van der Waals surface area contributed by atoms with Gasteiger partial charge < -0.3 is 10.1 Å². The van der Waals surface area contributed by atoms with Gasteiger partial charge in [0.25, 0.3) is 0 Å². The van der Waals surface area contributed by atoms with E-state index >= 15 is 0 Å². The van der Waals surface area contributed by atoms with Crippen LogP contribution >= 0.6 is 23.2 Å². The maximum atomic E-state index is 6.25. The first-order valence-corrected chi connectivity index (χ1v) is 10.3. The molecule has 0 aliphatic heterocycles. The SMILES string of the molecule is C[C@H](CCc1ccccc1)NCc1ccccc1OCc1c(Cl)cccc1Cl. The molecule has 28 heavy (non-hydrogen) atoms. The smallest absolute Gasteiger partial charge is 0.124 e. The fraction of sp³-hybridized carbons (Fsp3) is 0.250. The van der Waals surface area contributed by atoms with E-state index in [9.17, 15) is 0 Å². The number of nitrogens with one attached hydrogen (secondary N) is 1. The van der Waals surface area contributed by atoms with Crippen LogP contribution in [0.15, 0.2) is 72.8 Å². The van der Waals surface area contributed by atoms with E-state index in [1.807, 2.05) is 36.4 Å². The molecule has 0 unspecified atom stereocenters. The highest BCUT2D eigenvalue weighted by Gasteiger charge is 2.10. The van der Waals surface area contributed by atoms with E-state index in [0.29, 0.717) is 22.7 Å². The molecule has 0 spiro atoms. The summed E-state index contributed by atoms with van der Waals surface area (Å²) in [4.78, 5) is 0. The van der Waals surface area contributed by atoms with E-state index in [-0.39, 0.29) is 0 Å². The molecule has 0 aliphatic rings. The molecule has 2 nitrogen and oxygen atoms in total. The highest BCUT2D eigenvalue weighted by Crippen LogP contribution is 2.27. The Kier molecular flexibility index (Phi) is 7.79. The number of para-hydroxylation sites is 1. The molecule has 3 rings (SSSR count). The maximum absolute atomic E-state index is 6.25. The third-order valence-corrected chi connectivity index (χ3v) is 5.46. The van der Waals surface area contributed by atoms with E-state index in [0.717, 1.165) is 36.3 Å². The summed E-state index contributed by atoms with van der Waals surface area (Å²) in [6.45, 7) is 3.32. The third kappa shape index (κ3) is 6.00. The molecule has 0 radical (unpaired) electrons. The molecular weight excluding hydrogens is 389 g/mol. The number of aryl methyl sites for hydroxylation is 1. The van der Waals surface area contributed by atoms with Crippen LogP contribution in [0.3, 0.4) is 0 Å². The summed E-state index contributed by atoms with van der Waals surface area (Å²) in [5.74, 6) is 0.848. The van der Waals surface area contributed by atoms with Crippen molar-refractivity contribution >= 4 is 23.2 Å². The van der Waals surface area contributed by atoms with E-state index in [1.165, 1.54) is 5.56 Å². The van der Waals surface area contributed by atoms with Crippen molar-refractivity contribution in [1.82, 2.24) is 5.32 Å². The van der Waals surface area contributed by atoms with Crippen LogP contribution in [-0.4, -0.2) is 6.04 Å². The topological polar surface area (TPSA) is 21.3 Å². The van der Waals surface area contributed by atoms with Gasteiger partial charge >= 0.3 is 0 Å². The van der Waals surface area contributed by atoms with Crippen molar-refractivity contribution < 1.29 is 4.74 Å². The first-order valence-electron chi connectivity index (χ1n) is 9.54. The molecule has 1 N–H and O–H groups in total. The lowest BCUT2D eigenvalue weighted by Crippen LogP contribution is -2.26. The Morgan fingerprint density at radius 3 is 2.29 bits per heavy atom. The summed E-state index contributed by atoms with van der Waals surface area (Å²) in [5, 5.41) is 4.84. The highest BCUT2D eigenvalue weighted by atomic mass is 35.5. The molecule has 0 saturated carbocycles. The van der Waals surface area contributed by atoms with Crippen LogP contribution in [0.25, 0.3) is 0 Å². The van der Waals surface area contributed by atoms with Gasteiger partial charge in [-0.15, -0.1) is 0 Å². The van der Waals surface area contributed by atoms with Gasteiger partial charge in [0, 0.05) is 33.8 Å². The molecule has 3 aromatic carbocycles. The Labute approximate surface area is 177 Å². The molecule has 1 atom stereocenters. The van der Waals surface area contributed by atoms with Crippen molar-refractivity contribution in [2.45, 2.75) is 39.0 Å². The zero-order valence-electron chi connectivity index (χ0n) is 16.0. The number of ether oxygens (including phenoxy) is 1. The summed E-state index contributed by atoms with van der Waals surface area (Å²) in [6, 6.07) is 24.6. The van der Waals surface area contributed by atoms with Crippen molar-refractivity contribution in [1.29, 1.82) is 0 Å². The lowest BCUT2D eigenvalue weighted by Gasteiger charge is -2.17. The summed E-state index contributed by atoms with van der Waals surface area (Å²) in [6.07, 6.45) is 2.15. The molecule has 0 heterocycles. The van der Waals surface area contributed by atoms with Gasteiger partial charge in [-0.2, -0.15) is 0 Å².